The molecule has 3 heterocycles. The first-order valence-electron chi connectivity index (χ1n) is 12.4. The van der Waals surface area contributed by atoms with Crippen molar-refractivity contribution in [2.24, 2.45) is 0 Å². The van der Waals surface area contributed by atoms with Crippen molar-refractivity contribution in [2.45, 2.75) is 42.2 Å². The molecule has 2 aromatic carbocycles. The number of fused-ring (bicyclic) bond motifs is 2. The van der Waals surface area contributed by atoms with Crippen LogP contribution in [0, 0.1) is 0 Å². The number of benzene rings is 2. The number of alkyl halides is 1. The summed E-state index contributed by atoms with van der Waals surface area (Å²) in [7, 11) is 1.01. The molecule has 6 rings (SSSR count). The van der Waals surface area contributed by atoms with Crippen LogP contribution in [0.2, 0.25) is 5.28 Å². The highest BCUT2D eigenvalue weighted by molar-refractivity contribution is 6.28. The molecule has 0 amide bonds. The maximum Gasteiger partial charge on any atom is 0.350 e. The Hall–Kier alpha value is -4.17. The van der Waals surface area contributed by atoms with Crippen molar-refractivity contribution in [3.8, 4) is 11.1 Å². The van der Waals surface area contributed by atoms with Gasteiger partial charge in [-0.15, -0.1) is 0 Å². The summed E-state index contributed by atoms with van der Waals surface area (Å²) in [6.45, 7) is 0. The van der Waals surface area contributed by atoms with Crippen LogP contribution in [-0.4, -0.2) is 78.4 Å². The summed E-state index contributed by atoms with van der Waals surface area (Å²) in [4.78, 5) is 37.3. The zero-order valence-corrected chi connectivity index (χ0v) is 22.1. The highest BCUT2D eigenvalue weighted by Gasteiger charge is 2.80. The summed E-state index contributed by atoms with van der Waals surface area (Å²) in [5, 5.41) is 21.2. The van der Waals surface area contributed by atoms with Gasteiger partial charge in [0.1, 0.15) is 17.7 Å². The molecule has 1 saturated carbocycles. The van der Waals surface area contributed by atoms with Gasteiger partial charge in [0, 0.05) is 6.42 Å². The lowest BCUT2D eigenvalue weighted by Gasteiger charge is -2.30. The fourth-order valence-electron chi connectivity index (χ4n) is 5.22. The Morgan fingerprint density at radius 2 is 1.85 bits per heavy atom. The van der Waals surface area contributed by atoms with E-state index in [1.807, 2.05) is 30.3 Å². The minimum atomic E-state index is -2.59. The molecule has 1 unspecified atom stereocenters. The molecule has 0 spiro atoms. The van der Waals surface area contributed by atoms with Crippen molar-refractivity contribution in [2.75, 3.05) is 12.8 Å². The van der Waals surface area contributed by atoms with E-state index >= 15 is 4.39 Å². The summed E-state index contributed by atoms with van der Waals surface area (Å²) in [6.07, 6.45) is -5.58. The number of carboxylic acid groups (broad SMARTS) is 1. The van der Waals surface area contributed by atoms with E-state index in [2.05, 4.69) is 15.0 Å². The molecular formula is C27H23ClFN5O7. The van der Waals surface area contributed by atoms with E-state index in [0.717, 1.165) is 18.2 Å². The van der Waals surface area contributed by atoms with E-state index in [9.17, 15) is 19.8 Å². The number of ether oxygens (including phenoxy) is 3. The van der Waals surface area contributed by atoms with Crippen LogP contribution >= 0.6 is 11.6 Å². The number of halogens is 2. The maximum atomic E-state index is 15.8. The Balaban J connectivity index is 1.26. The third-order valence-electron chi connectivity index (χ3n) is 7.45. The number of carbonyl (C=O) groups is 2. The molecular weight excluding hydrogens is 561 g/mol. The molecule has 14 heteroatoms. The van der Waals surface area contributed by atoms with Gasteiger partial charge in [0.2, 0.25) is 5.28 Å². The van der Waals surface area contributed by atoms with Crippen LogP contribution in [0.5, 0.6) is 0 Å². The van der Waals surface area contributed by atoms with Crippen molar-refractivity contribution in [3.63, 3.8) is 0 Å². The number of carbonyl (C=O) groups excluding carboxylic acids is 1. The van der Waals surface area contributed by atoms with Gasteiger partial charge in [0.05, 0.1) is 13.4 Å². The molecule has 12 nitrogen and oxygen atoms in total. The number of carboxylic acids is 1. The molecule has 4 aromatic rings. The van der Waals surface area contributed by atoms with Crippen LogP contribution in [0.4, 0.5) is 10.2 Å². The standard InChI is InChI=1S/C27H23ClFN5O7/c1-39-24(37)26(23(35)36,11-13-7-9-15(10-8-13)14-5-3-2-4-6-14)41-19-18-27(19,38)17(29)22(40-18)34-12-31-16-20(30)32-25(28)33-21(16)34/h2-10,12,17-19,22,38H,11H2,1H3,(H,35,36)(H2,30,32,33)/t17-,18-,19?,22-,26-,27+/m1/s1. The predicted octanol–water partition coefficient (Wildman–Crippen LogP) is 2.33. The first-order valence-corrected chi connectivity index (χ1v) is 12.8. The van der Waals surface area contributed by atoms with Crippen molar-refractivity contribution in [1.82, 2.24) is 19.5 Å². The number of aromatic nitrogens is 4. The first kappa shape index (κ1) is 27.0. The van der Waals surface area contributed by atoms with Gasteiger partial charge in [0.25, 0.3) is 5.60 Å². The second kappa shape index (κ2) is 9.73. The molecule has 0 bridgehead atoms. The molecule has 2 aromatic heterocycles. The molecule has 4 N–H and O–H groups in total. The highest BCUT2D eigenvalue weighted by Crippen LogP contribution is 2.58. The summed E-state index contributed by atoms with van der Waals surface area (Å²) in [6, 6.07) is 16.4. The molecule has 2 fully saturated rings. The minimum Gasteiger partial charge on any atom is -0.479 e. The molecule has 212 valence electrons. The van der Waals surface area contributed by atoms with Crippen LogP contribution in [0.15, 0.2) is 60.9 Å². The summed E-state index contributed by atoms with van der Waals surface area (Å²) < 4.78 is 33.2. The molecule has 41 heavy (non-hydrogen) atoms. The van der Waals surface area contributed by atoms with Gasteiger partial charge in [0.15, 0.2) is 29.5 Å². The Morgan fingerprint density at radius 3 is 2.46 bits per heavy atom. The van der Waals surface area contributed by atoms with Crippen LogP contribution in [0.1, 0.15) is 11.8 Å². The Bertz CT molecular complexity index is 1660. The number of hydrogen-bond acceptors (Lipinski definition) is 10. The van der Waals surface area contributed by atoms with E-state index in [4.69, 9.17) is 31.5 Å². The predicted molar refractivity (Wildman–Crippen MR) is 141 cm³/mol. The number of aliphatic carboxylic acids is 1. The molecule has 6 atom stereocenters. The first-order chi connectivity index (χ1) is 19.6. The van der Waals surface area contributed by atoms with Gasteiger partial charge >= 0.3 is 11.9 Å². The lowest BCUT2D eigenvalue weighted by Crippen LogP contribution is -2.54. The maximum absolute atomic E-state index is 15.8. The highest BCUT2D eigenvalue weighted by atomic mass is 35.5. The van der Waals surface area contributed by atoms with Gasteiger partial charge < -0.3 is 30.2 Å². The fourth-order valence-corrected chi connectivity index (χ4v) is 5.39. The zero-order valence-electron chi connectivity index (χ0n) is 21.3. The zero-order chi connectivity index (χ0) is 29.1. The normalized spacial score (nSPS) is 26.3. The van der Waals surface area contributed by atoms with Gasteiger partial charge in [-0.3, -0.25) is 4.57 Å². The van der Waals surface area contributed by atoms with Crippen molar-refractivity contribution < 1.29 is 38.4 Å². The van der Waals surface area contributed by atoms with E-state index < -0.39 is 54.2 Å². The van der Waals surface area contributed by atoms with Crippen molar-refractivity contribution in [3.05, 3.63) is 71.8 Å². The third kappa shape index (κ3) is 4.20. The lowest BCUT2D eigenvalue weighted by atomic mass is 9.92. The summed E-state index contributed by atoms with van der Waals surface area (Å²) in [5.74, 6) is -2.92. The molecule has 1 aliphatic heterocycles. The Morgan fingerprint density at radius 1 is 1.17 bits per heavy atom. The number of methoxy groups -OCH3 is 1. The molecule has 0 radical (unpaired) electrons. The van der Waals surface area contributed by atoms with E-state index in [1.54, 1.807) is 24.3 Å². The molecule has 1 saturated heterocycles. The Labute approximate surface area is 236 Å². The van der Waals surface area contributed by atoms with Crippen LogP contribution in [0.25, 0.3) is 22.3 Å². The number of esters is 1. The van der Waals surface area contributed by atoms with Gasteiger partial charge in [-0.05, 0) is 28.3 Å². The Kier molecular flexibility index (Phi) is 6.41. The molecule has 1 aliphatic carbocycles. The number of nitrogens with two attached hydrogens (primary N) is 1. The SMILES string of the molecule is COC(=O)[C@](Cc1ccc(-c2ccccc2)cc1)(OC1[C@H]2O[C@@H](n3cnc4c(N)nc(Cl)nc43)[C@@H](F)[C@@]12O)C(=O)O. The summed E-state index contributed by atoms with van der Waals surface area (Å²) >= 11 is 5.89. The van der Waals surface area contributed by atoms with E-state index in [-0.39, 0.29) is 22.3 Å². The number of nitrogen functional groups attached to an aromatic ring is 1. The lowest BCUT2D eigenvalue weighted by molar-refractivity contribution is -0.196. The van der Waals surface area contributed by atoms with E-state index in [0.29, 0.717) is 5.56 Å². The van der Waals surface area contributed by atoms with Crippen molar-refractivity contribution in [1.29, 1.82) is 0 Å². The number of nitrogens with zero attached hydrogens (tertiary/aromatic N) is 4. The second-order valence-corrected chi connectivity index (χ2v) is 10.2. The molecule has 2 aliphatic rings. The topological polar surface area (TPSA) is 172 Å². The fraction of sp³-hybridized carbons (Fsp3) is 0.296. The average Bonchev–Trinajstić information content (AvgIpc) is 3.20. The van der Waals surface area contributed by atoms with Crippen LogP contribution in [0.3, 0.4) is 0 Å². The van der Waals surface area contributed by atoms with Gasteiger partial charge in [-0.1, -0.05) is 54.6 Å². The summed E-state index contributed by atoms with van der Waals surface area (Å²) in [5.41, 5.74) is 3.44. The quantitative estimate of drug-likeness (QED) is 0.158. The second-order valence-electron chi connectivity index (χ2n) is 9.84. The van der Waals surface area contributed by atoms with Gasteiger partial charge in [-0.25, -0.2) is 19.0 Å². The average molecular weight is 584 g/mol. The van der Waals surface area contributed by atoms with Crippen molar-refractivity contribution >= 4 is 40.5 Å². The number of aliphatic hydroxyl groups is 1. The number of imidazole rings is 1. The van der Waals surface area contributed by atoms with Crippen LogP contribution in [-0.2, 0) is 30.2 Å². The monoisotopic (exact) mass is 583 g/mol. The smallest absolute Gasteiger partial charge is 0.350 e. The van der Waals surface area contributed by atoms with Gasteiger partial charge in [-0.2, -0.15) is 9.97 Å². The number of anilines is 1. The van der Waals surface area contributed by atoms with E-state index in [1.165, 1.54) is 10.9 Å². The van der Waals surface area contributed by atoms with Crippen LogP contribution < -0.4 is 5.73 Å². The minimum absolute atomic E-state index is 0.0293. The number of rotatable bonds is 8. The third-order valence-corrected chi connectivity index (χ3v) is 7.62. The number of hydrogen-bond donors (Lipinski definition) is 3. The largest absolute Gasteiger partial charge is 0.479 e.